The van der Waals surface area contributed by atoms with E-state index in [1.165, 1.54) is 6.07 Å². The molecule has 3 rings (SSSR count). The van der Waals surface area contributed by atoms with Crippen molar-refractivity contribution in [3.05, 3.63) is 64.9 Å². The second-order valence-corrected chi connectivity index (χ2v) is 7.52. The molecule has 0 fully saturated rings. The zero-order chi connectivity index (χ0) is 19.9. The lowest BCUT2D eigenvalue weighted by atomic mass is 10.1. The summed E-state index contributed by atoms with van der Waals surface area (Å²) in [6.45, 7) is 1.75. The minimum absolute atomic E-state index is 0.329. The molecule has 0 saturated heterocycles. The van der Waals surface area contributed by atoms with E-state index in [0.717, 1.165) is 30.8 Å². The van der Waals surface area contributed by atoms with Crippen molar-refractivity contribution in [1.82, 2.24) is 14.9 Å². The molecule has 0 unspecified atom stereocenters. The standard InChI is InChI=1S/C21H23BrFN5/c1-28(2)12-6-11-24-21-26-19(15-7-4-3-5-8-15)14-20(27-21)25-16-9-10-17(22)18(23)13-16/h3-5,7-10,13-14H,6,11-12H2,1-2H3,(H2,24,25,26,27). The Morgan fingerprint density at radius 2 is 1.82 bits per heavy atom. The maximum Gasteiger partial charge on any atom is 0.225 e. The molecule has 0 aliphatic heterocycles. The van der Waals surface area contributed by atoms with Crippen LogP contribution in [0.15, 0.2) is 59.1 Å². The lowest BCUT2D eigenvalue weighted by Gasteiger charge is -2.13. The van der Waals surface area contributed by atoms with Gasteiger partial charge >= 0.3 is 0 Å². The first-order valence-electron chi connectivity index (χ1n) is 9.06. The Kier molecular flexibility index (Phi) is 6.95. The molecule has 28 heavy (non-hydrogen) atoms. The molecule has 3 aromatic rings. The van der Waals surface area contributed by atoms with Crippen LogP contribution in [0, 0.1) is 5.82 Å². The van der Waals surface area contributed by atoms with Gasteiger partial charge in [0.15, 0.2) is 0 Å². The van der Waals surface area contributed by atoms with E-state index < -0.39 is 0 Å². The van der Waals surface area contributed by atoms with Crippen LogP contribution >= 0.6 is 15.9 Å². The van der Waals surface area contributed by atoms with Crippen molar-refractivity contribution in [3.63, 3.8) is 0 Å². The third kappa shape index (κ3) is 5.74. The number of halogens is 2. The molecule has 7 heteroatoms. The van der Waals surface area contributed by atoms with Crippen LogP contribution in [-0.2, 0) is 0 Å². The smallest absolute Gasteiger partial charge is 0.225 e. The normalized spacial score (nSPS) is 10.9. The van der Waals surface area contributed by atoms with Crippen LogP contribution in [0.4, 0.5) is 21.8 Å². The van der Waals surface area contributed by atoms with Crippen molar-refractivity contribution in [1.29, 1.82) is 0 Å². The molecule has 2 aromatic carbocycles. The first-order valence-corrected chi connectivity index (χ1v) is 9.86. The minimum Gasteiger partial charge on any atom is -0.354 e. The second kappa shape index (κ2) is 9.61. The Morgan fingerprint density at radius 1 is 1.04 bits per heavy atom. The molecule has 1 aromatic heterocycles. The third-order valence-electron chi connectivity index (χ3n) is 4.05. The number of hydrogen-bond acceptors (Lipinski definition) is 5. The van der Waals surface area contributed by atoms with Crippen molar-refractivity contribution in [2.75, 3.05) is 37.8 Å². The fraction of sp³-hybridized carbons (Fsp3) is 0.238. The number of nitrogens with zero attached hydrogens (tertiary/aromatic N) is 3. The zero-order valence-electron chi connectivity index (χ0n) is 15.9. The number of aromatic nitrogens is 2. The molecule has 0 aliphatic carbocycles. The SMILES string of the molecule is CN(C)CCCNc1nc(Nc2ccc(Br)c(F)c2)cc(-c2ccccc2)n1. The Balaban J connectivity index is 1.85. The number of benzene rings is 2. The largest absolute Gasteiger partial charge is 0.354 e. The third-order valence-corrected chi connectivity index (χ3v) is 4.70. The van der Waals surface area contributed by atoms with E-state index in [1.54, 1.807) is 12.1 Å². The van der Waals surface area contributed by atoms with Crippen LogP contribution in [0.3, 0.4) is 0 Å². The lowest BCUT2D eigenvalue weighted by molar-refractivity contribution is 0.405. The number of nitrogens with one attached hydrogen (secondary N) is 2. The lowest BCUT2D eigenvalue weighted by Crippen LogP contribution is -2.17. The summed E-state index contributed by atoms with van der Waals surface area (Å²) in [5, 5.41) is 6.46. The summed E-state index contributed by atoms with van der Waals surface area (Å²) in [5.74, 6) is 0.815. The quantitative estimate of drug-likeness (QED) is 0.471. The van der Waals surface area contributed by atoms with E-state index in [0.29, 0.717) is 21.9 Å². The molecule has 5 nitrogen and oxygen atoms in total. The van der Waals surface area contributed by atoms with E-state index in [-0.39, 0.29) is 5.82 Å². The molecule has 0 amide bonds. The Bertz CT molecular complexity index is 918. The first kappa shape index (κ1) is 20.2. The monoisotopic (exact) mass is 443 g/mol. The van der Waals surface area contributed by atoms with Gasteiger partial charge in [-0.3, -0.25) is 0 Å². The summed E-state index contributed by atoms with van der Waals surface area (Å²) < 4.78 is 14.3. The van der Waals surface area contributed by atoms with Gasteiger partial charge in [0, 0.05) is 23.9 Å². The number of hydrogen-bond donors (Lipinski definition) is 2. The van der Waals surface area contributed by atoms with Crippen molar-refractivity contribution in [3.8, 4) is 11.3 Å². The Labute approximate surface area is 173 Å². The van der Waals surface area contributed by atoms with E-state index in [4.69, 9.17) is 0 Å². The summed E-state index contributed by atoms with van der Waals surface area (Å²) in [7, 11) is 4.10. The van der Waals surface area contributed by atoms with Crippen LogP contribution in [0.25, 0.3) is 11.3 Å². The van der Waals surface area contributed by atoms with Gasteiger partial charge in [0.25, 0.3) is 0 Å². The molecule has 0 atom stereocenters. The second-order valence-electron chi connectivity index (χ2n) is 6.67. The van der Waals surface area contributed by atoms with Crippen LogP contribution in [0.2, 0.25) is 0 Å². The molecule has 0 spiro atoms. The molecule has 2 N–H and O–H groups in total. The fourth-order valence-corrected chi connectivity index (χ4v) is 2.91. The number of rotatable bonds is 8. The van der Waals surface area contributed by atoms with Crippen molar-refractivity contribution in [2.45, 2.75) is 6.42 Å². The molecule has 0 saturated carbocycles. The van der Waals surface area contributed by atoms with Crippen molar-refractivity contribution >= 4 is 33.4 Å². The van der Waals surface area contributed by atoms with Gasteiger partial charge in [-0.1, -0.05) is 30.3 Å². The van der Waals surface area contributed by atoms with E-state index in [2.05, 4.69) is 41.4 Å². The fourth-order valence-electron chi connectivity index (χ4n) is 2.66. The van der Waals surface area contributed by atoms with Crippen LogP contribution in [-0.4, -0.2) is 42.1 Å². The summed E-state index contributed by atoms with van der Waals surface area (Å²) >= 11 is 3.17. The van der Waals surface area contributed by atoms with Gasteiger partial charge in [0.05, 0.1) is 10.2 Å². The highest BCUT2D eigenvalue weighted by molar-refractivity contribution is 9.10. The topological polar surface area (TPSA) is 53.1 Å². The van der Waals surface area contributed by atoms with Gasteiger partial charge in [-0.15, -0.1) is 0 Å². The Morgan fingerprint density at radius 3 is 2.54 bits per heavy atom. The van der Waals surface area contributed by atoms with Crippen molar-refractivity contribution in [2.24, 2.45) is 0 Å². The highest BCUT2D eigenvalue weighted by atomic mass is 79.9. The van der Waals surface area contributed by atoms with Crippen LogP contribution in [0.1, 0.15) is 6.42 Å². The van der Waals surface area contributed by atoms with E-state index >= 15 is 0 Å². The molecule has 0 aliphatic rings. The minimum atomic E-state index is -0.329. The average Bonchev–Trinajstić information content (AvgIpc) is 2.68. The van der Waals surface area contributed by atoms with Crippen LogP contribution < -0.4 is 10.6 Å². The zero-order valence-corrected chi connectivity index (χ0v) is 17.5. The highest BCUT2D eigenvalue weighted by Crippen LogP contribution is 2.25. The van der Waals surface area contributed by atoms with Gasteiger partial charge in [0.2, 0.25) is 5.95 Å². The van der Waals surface area contributed by atoms with Gasteiger partial charge in [-0.05, 0) is 61.2 Å². The van der Waals surface area contributed by atoms with Crippen LogP contribution in [0.5, 0.6) is 0 Å². The average molecular weight is 444 g/mol. The molecular formula is C21H23BrFN5. The predicted molar refractivity (Wildman–Crippen MR) is 117 cm³/mol. The highest BCUT2D eigenvalue weighted by Gasteiger charge is 2.08. The van der Waals surface area contributed by atoms with Crippen molar-refractivity contribution < 1.29 is 4.39 Å². The van der Waals surface area contributed by atoms with Gasteiger partial charge in [0.1, 0.15) is 11.6 Å². The summed E-state index contributed by atoms with van der Waals surface area (Å²) in [6, 6.07) is 16.7. The summed E-state index contributed by atoms with van der Waals surface area (Å²) in [4.78, 5) is 11.3. The predicted octanol–water partition coefficient (Wildman–Crippen LogP) is 5.15. The first-order chi connectivity index (χ1) is 13.5. The van der Waals surface area contributed by atoms with E-state index in [9.17, 15) is 4.39 Å². The summed E-state index contributed by atoms with van der Waals surface area (Å²) in [5.41, 5.74) is 2.41. The molecule has 0 radical (unpaired) electrons. The molecular weight excluding hydrogens is 421 g/mol. The number of anilines is 3. The van der Waals surface area contributed by atoms with Gasteiger partial charge in [-0.2, -0.15) is 4.98 Å². The molecule has 146 valence electrons. The van der Waals surface area contributed by atoms with E-state index in [1.807, 2.05) is 50.5 Å². The molecule has 1 heterocycles. The van der Waals surface area contributed by atoms with Gasteiger partial charge in [-0.25, -0.2) is 9.37 Å². The maximum atomic E-state index is 13.8. The molecule has 0 bridgehead atoms. The Hall–Kier alpha value is -2.51. The summed E-state index contributed by atoms with van der Waals surface area (Å²) in [6.07, 6.45) is 0.979. The maximum absolute atomic E-state index is 13.8. The van der Waals surface area contributed by atoms with Gasteiger partial charge < -0.3 is 15.5 Å².